The van der Waals surface area contributed by atoms with E-state index in [1.807, 2.05) is 78.9 Å². The van der Waals surface area contributed by atoms with Gasteiger partial charge in [-0.3, -0.25) is 14.5 Å². The van der Waals surface area contributed by atoms with Crippen molar-refractivity contribution in [3.05, 3.63) is 151 Å². The van der Waals surface area contributed by atoms with E-state index in [1.165, 1.54) is 31.8 Å². The van der Waals surface area contributed by atoms with E-state index in [4.69, 9.17) is 0 Å². The molecule has 0 saturated carbocycles. The maximum Gasteiger partial charge on any atom is 0.260 e. The van der Waals surface area contributed by atoms with Crippen molar-refractivity contribution in [1.29, 1.82) is 0 Å². The summed E-state index contributed by atoms with van der Waals surface area (Å²) in [6.07, 6.45) is 0.761. The molecule has 206 valence electrons. The molecule has 0 aliphatic heterocycles. The molecule has 0 aromatic heterocycles. The second kappa shape index (κ2) is 10.9. The molecule has 0 unspecified atom stereocenters. The zero-order valence-corrected chi connectivity index (χ0v) is 23.6. The maximum absolute atomic E-state index is 14.1. The van der Waals surface area contributed by atoms with Crippen LogP contribution in [0.3, 0.4) is 0 Å². The van der Waals surface area contributed by atoms with E-state index >= 15 is 0 Å². The maximum atomic E-state index is 14.1. The molecule has 4 nitrogen and oxygen atoms in total. The van der Waals surface area contributed by atoms with Crippen LogP contribution in [-0.2, 0) is 4.79 Å². The van der Waals surface area contributed by atoms with E-state index in [0.29, 0.717) is 16.9 Å². The van der Waals surface area contributed by atoms with E-state index in [1.54, 1.807) is 11.9 Å². The highest BCUT2D eigenvalue weighted by Crippen LogP contribution is 2.38. The average Bonchev–Trinajstić information content (AvgIpc) is 3.09. The zero-order valence-electron chi connectivity index (χ0n) is 23.6. The minimum atomic E-state index is -0.205. The molecule has 0 aliphatic carbocycles. The third-order valence-electron chi connectivity index (χ3n) is 8.15. The van der Waals surface area contributed by atoms with Crippen LogP contribution >= 0.6 is 0 Å². The van der Waals surface area contributed by atoms with Crippen molar-refractivity contribution in [2.45, 2.75) is 0 Å². The van der Waals surface area contributed by atoms with Gasteiger partial charge in [-0.1, -0.05) is 103 Å². The lowest BCUT2D eigenvalue weighted by atomic mass is 9.91. The highest BCUT2D eigenvalue weighted by atomic mass is 16.2. The van der Waals surface area contributed by atoms with Crippen molar-refractivity contribution in [2.24, 2.45) is 0 Å². The van der Waals surface area contributed by atoms with Crippen LogP contribution < -0.4 is 9.80 Å². The van der Waals surface area contributed by atoms with Gasteiger partial charge in [0.05, 0.1) is 11.3 Å². The number of nitrogens with zero attached hydrogens (tertiary/aromatic N) is 2. The van der Waals surface area contributed by atoms with Crippen molar-refractivity contribution in [1.82, 2.24) is 0 Å². The number of benzene rings is 7. The van der Waals surface area contributed by atoms with Crippen LogP contribution in [0.15, 0.2) is 146 Å². The summed E-state index contributed by atoms with van der Waals surface area (Å²) in [6.45, 7) is 0. The zero-order chi connectivity index (χ0) is 29.3. The fourth-order valence-corrected chi connectivity index (χ4v) is 5.98. The molecule has 0 atom stereocenters. The Balaban J connectivity index is 1.42. The Bertz CT molecular complexity index is 2100. The highest BCUT2D eigenvalue weighted by Gasteiger charge is 2.23. The molecule has 0 saturated heterocycles. The van der Waals surface area contributed by atoms with Crippen LogP contribution in [0, 0.1) is 0 Å². The van der Waals surface area contributed by atoms with Crippen molar-refractivity contribution >= 4 is 61.7 Å². The van der Waals surface area contributed by atoms with Crippen LogP contribution in [0.25, 0.3) is 43.4 Å². The Labute approximate surface area is 250 Å². The first-order chi connectivity index (χ1) is 21.1. The topological polar surface area (TPSA) is 40.6 Å². The predicted octanol–water partition coefficient (Wildman–Crippen LogP) is 9.38. The van der Waals surface area contributed by atoms with Gasteiger partial charge >= 0.3 is 0 Å². The van der Waals surface area contributed by atoms with E-state index in [0.717, 1.165) is 28.6 Å². The monoisotopic (exact) mass is 556 g/mol. The normalized spacial score (nSPS) is 11.1. The van der Waals surface area contributed by atoms with Gasteiger partial charge in [0.1, 0.15) is 0 Å². The Hall–Kier alpha value is -5.74. The lowest BCUT2D eigenvalue weighted by Gasteiger charge is -2.24. The molecule has 7 aromatic carbocycles. The van der Waals surface area contributed by atoms with E-state index in [-0.39, 0.29) is 5.91 Å². The Kier molecular flexibility index (Phi) is 6.65. The van der Waals surface area contributed by atoms with Crippen LogP contribution in [-0.4, -0.2) is 19.4 Å². The second-order valence-corrected chi connectivity index (χ2v) is 10.6. The van der Waals surface area contributed by atoms with Gasteiger partial charge in [0.25, 0.3) is 5.91 Å². The molecule has 0 radical (unpaired) electrons. The van der Waals surface area contributed by atoms with E-state index in [9.17, 15) is 9.59 Å². The Morgan fingerprint density at radius 1 is 0.512 bits per heavy atom. The number of hydrogen-bond donors (Lipinski definition) is 0. The van der Waals surface area contributed by atoms with Crippen molar-refractivity contribution in [2.75, 3.05) is 16.8 Å². The predicted molar refractivity (Wildman–Crippen MR) is 178 cm³/mol. The summed E-state index contributed by atoms with van der Waals surface area (Å²) in [5, 5.41) is 7.18. The van der Waals surface area contributed by atoms with Crippen LogP contribution in [0.5, 0.6) is 0 Å². The quantitative estimate of drug-likeness (QED) is 0.151. The molecule has 7 aromatic rings. The first kappa shape index (κ1) is 26.2. The number of carbonyl (C=O) groups is 2. The van der Waals surface area contributed by atoms with E-state index in [2.05, 4.69) is 66.7 Å². The number of carbonyl (C=O) groups excluding carboxylic acids is 2. The van der Waals surface area contributed by atoms with Crippen LogP contribution in [0.4, 0.5) is 17.1 Å². The Morgan fingerprint density at radius 2 is 0.977 bits per heavy atom. The van der Waals surface area contributed by atoms with Gasteiger partial charge in [-0.25, -0.2) is 0 Å². The molecule has 0 bridgehead atoms. The average molecular weight is 557 g/mol. The van der Waals surface area contributed by atoms with Gasteiger partial charge in [0.2, 0.25) is 6.41 Å². The second-order valence-electron chi connectivity index (χ2n) is 10.6. The minimum absolute atomic E-state index is 0.205. The van der Waals surface area contributed by atoms with Crippen molar-refractivity contribution in [3.63, 3.8) is 0 Å². The molecule has 2 amide bonds. The number of amides is 2. The third kappa shape index (κ3) is 4.59. The number of anilines is 3. The summed E-state index contributed by atoms with van der Waals surface area (Å²) in [4.78, 5) is 29.7. The number of para-hydroxylation sites is 2. The fourth-order valence-electron chi connectivity index (χ4n) is 5.98. The van der Waals surface area contributed by atoms with Gasteiger partial charge in [-0.2, -0.15) is 0 Å². The van der Waals surface area contributed by atoms with Gasteiger partial charge in [-0.05, 0) is 85.9 Å². The first-order valence-corrected chi connectivity index (χ1v) is 14.2. The summed E-state index contributed by atoms with van der Waals surface area (Å²) in [5.41, 5.74) is 4.30. The van der Waals surface area contributed by atoms with Crippen LogP contribution in [0.1, 0.15) is 10.4 Å². The molecular formula is C39H28N2O2. The summed E-state index contributed by atoms with van der Waals surface area (Å²) in [6, 6.07) is 48.2. The Morgan fingerprint density at radius 3 is 1.56 bits per heavy atom. The standard InChI is InChI=1S/C39H28N2O2/c1-40(29-12-4-2-5-13-29)39(43)37-25-28(21-23-38(37)41(26-42)30-14-6-3-7-15-30)27-20-22-35-33-18-9-8-16-31(33)32-17-10-11-19-34(32)36(35)24-27/h2-26H,1H3. The summed E-state index contributed by atoms with van der Waals surface area (Å²) >= 11 is 0. The number of hydrogen-bond acceptors (Lipinski definition) is 2. The summed E-state index contributed by atoms with van der Waals surface area (Å²) in [5.74, 6) is -0.205. The van der Waals surface area contributed by atoms with Crippen molar-refractivity contribution in [3.8, 4) is 11.1 Å². The molecule has 4 heteroatoms. The lowest BCUT2D eigenvalue weighted by molar-refractivity contribution is -0.106. The summed E-state index contributed by atoms with van der Waals surface area (Å²) < 4.78 is 0. The minimum Gasteiger partial charge on any atom is -0.311 e. The molecule has 0 N–H and O–H groups in total. The lowest BCUT2D eigenvalue weighted by Crippen LogP contribution is -2.28. The molecular weight excluding hydrogens is 528 g/mol. The SMILES string of the molecule is CN(C(=O)c1cc(-c2ccc3c4ccccc4c4ccccc4c3c2)ccc1N(C=O)c1ccccc1)c1ccccc1. The van der Waals surface area contributed by atoms with Gasteiger partial charge in [0, 0.05) is 18.4 Å². The molecule has 0 spiro atoms. The number of fused-ring (bicyclic) bond motifs is 6. The third-order valence-corrected chi connectivity index (χ3v) is 8.15. The van der Waals surface area contributed by atoms with E-state index < -0.39 is 0 Å². The molecule has 0 aliphatic rings. The highest BCUT2D eigenvalue weighted by molar-refractivity contribution is 6.25. The van der Waals surface area contributed by atoms with Gasteiger partial charge in [-0.15, -0.1) is 0 Å². The molecule has 43 heavy (non-hydrogen) atoms. The van der Waals surface area contributed by atoms with Crippen LogP contribution in [0.2, 0.25) is 0 Å². The number of rotatable bonds is 6. The smallest absolute Gasteiger partial charge is 0.260 e. The van der Waals surface area contributed by atoms with Crippen molar-refractivity contribution < 1.29 is 9.59 Å². The molecule has 7 rings (SSSR count). The summed E-state index contributed by atoms with van der Waals surface area (Å²) in [7, 11) is 1.76. The first-order valence-electron chi connectivity index (χ1n) is 14.2. The fraction of sp³-hybridized carbons (Fsp3) is 0.0256. The molecule has 0 fully saturated rings. The molecule has 0 heterocycles. The largest absolute Gasteiger partial charge is 0.311 e. The van der Waals surface area contributed by atoms with Gasteiger partial charge in [0.15, 0.2) is 0 Å². The van der Waals surface area contributed by atoms with Gasteiger partial charge < -0.3 is 4.90 Å².